The van der Waals surface area contributed by atoms with E-state index in [0.29, 0.717) is 0 Å². The van der Waals surface area contributed by atoms with Crippen LogP contribution in [0.15, 0.2) is 4.52 Å². The average Bonchev–Trinajstić information content (AvgIpc) is 2.79. The van der Waals surface area contributed by atoms with Crippen LogP contribution in [0.25, 0.3) is 0 Å². The summed E-state index contributed by atoms with van der Waals surface area (Å²) in [6.07, 6.45) is 8.09. The third-order valence-electron chi connectivity index (χ3n) is 4.69. The fourth-order valence-corrected chi connectivity index (χ4v) is 19.6. The SMILES string of the molecule is CCC[CH2][Sn]([CH2]CCC)([CH2]CCC)[c]1noc(C)c1C. The van der Waals surface area contributed by atoms with Gasteiger partial charge in [0, 0.05) is 0 Å². The van der Waals surface area contributed by atoms with Crippen LogP contribution in [-0.4, -0.2) is 23.5 Å². The van der Waals surface area contributed by atoms with Gasteiger partial charge in [-0.15, -0.1) is 0 Å². The zero-order valence-electron chi connectivity index (χ0n) is 14.2. The second-order valence-electron chi connectivity index (χ2n) is 6.30. The molecule has 0 N–H and O–H groups in total. The molecule has 1 aromatic heterocycles. The van der Waals surface area contributed by atoms with Crippen molar-refractivity contribution in [3.8, 4) is 0 Å². The Bertz CT molecular complexity index is 365. The number of aromatic nitrogens is 1. The molecular formula is C17H33NOSn. The third-order valence-corrected chi connectivity index (χ3v) is 20.1. The van der Waals surface area contributed by atoms with Crippen LogP contribution in [-0.2, 0) is 0 Å². The molecule has 0 unspecified atom stereocenters. The zero-order valence-corrected chi connectivity index (χ0v) is 17.1. The molecule has 116 valence electrons. The Kier molecular flexibility index (Phi) is 8.23. The third kappa shape index (κ3) is 4.50. The molecule has 1 aromatic rings. The summed E-state index contributed by atoms with van der Waals surface area (Å²) in [5.41, 5.74) is 1.38. The van der Waals surface area contributed by atoms with Gasteiger partial charge in [-0.25, -0.2) is 0 Å². The van der Waals surface area contributed by atoms with Crippen LogP contribution in [0.5, 0.6) is 0 Å². The molecule has 0 atom stereocenters. The van der Waals surface area contributed by atoms with Crippen LogP contribution in [0.2, 0.25) is 13.3 Å². The zero-order chi connectivity index (χ0) is 15.0. The molecule has 0 spiro atoms. The Balaban J connectivity index is 3.08. The molecule has 20 heavy (non-hydrogen) atoms. The molecule has 1 rings (SSSR count). The first-order valence-electron chi connectivity index (χ1n) is 8.54. The molecular weight excluding hydrogens is 353 g/mol. The van der Waals surface area contributed by atoms with Crippen molar-refractivity contribution < 1.29 is 4.52 Å². The summed E-state index contributed by atoms with van der Waals surface area (Å²) in [5.74, 6) is 1.05. The fourth-order valence-electron chi connectivity index (χ4n) is 3.19. The minimum absolute atomic E-state index is 1.05. The van der Waals surface area contributed by atoms with Crippen molar-refractivity contribution in [1.82, 2.24) is 5.16 Å². The van der Waals surface area contributed by atoms with Crippen LogP contribution >= 0.6 is 0 Å². The molecule has 0 bridgehead atoms. The number of aryl methyl sites for hydroxylation is 1. The minimum atomic E-state index is -2.34. The average molecular weight is 386 g/mol. The Labute approximate surface area is 129 Å². The summed E-state index contributed by atoms with van der Waals surface area (Å²) < 4.78 is 11.4. The number of hydrogen-bond acceptors (Lipinski definition) is 2. The normalized spacial score (nSPS) is 12.1. The Morgan fingerprint density at radius 1 is 0.850 bits per heavy atom. The Morgan fingerprint density at radius 2 is 1.30 bits per heavy atom. The van der Waals surface area contributed by atoms with Crippen molar-refractivity contribution in [2.24, 2.45) is 0 Å². The van der Waals surface area contributed by atoms with Crippen LogP contribution in [0, 0.1) is 13.8 Å². The topological polar surface area (TPSA) is 26.0 Å². The second kappa shape index (κ2) is 9.11. The number of unbranched alkanes of at least 4 members (excludes halogenated alkanes) is 3. The van der Waals surface area contributed by atoms with Gasteiger partial charge in [-0.3, -0.25) is 0 Å². The van der Waals surface area contributed by atoms with Gasteiger partial charge in [-0.1, -0.05) is 0 Å². The van der Waals surface area contributed by atoms with Gasteiger partial charge in [0.1, 0.15) is 0 Å². The van der Waals surface area contributed by atoms with E-state index in [1.165, 1.54) is 61.1 Å². The van der Waals surface area contributed by atoms with Crippen LogP contribution < -0.4 is 3.71 Å². The molecule has 0 amide bonds. The van der Waals surface area contributed by atoms with E-state index in [2.05, 4.69) is 39.8 Å². The van der Waals surface area contributed by atoms with Crippen molar-refractivity contribution >= 4 is 22.1 Å². The molecule has 0 saturated carbocycles. The Morgan fingerprint density at radius 3 is 1.60 bits per heavy atom. The second-order valence-corrected chi connectivity index (χ2v) is 19.2. The monoisotopic (exact) mass is 387 g/mol. The molecule has 0 saturated heterocycles. The first-order chi connectivity index (χ1) is 9.61. The summed E-state index contributed by atoms with van der Waals surface area (Å²) in [4.78, 5) is 0. The number of nitrogens with zero attached hydrogens (tertiary/aromatic N) is 1. The van der Waals surface area contributed by atoms with E-state index >= 15 is 0 Å². The first kappa shape index (κ1) is 18.1. The van der Waals surface area contributed by atoms with Gasteiger partial charge in [-0.2, -0.15) is 0 Å². The molecule has 3 heteroatoms. The van der Waals surface area contributed by atoms with E-state index in [9.17, 15) is 0 Å². The van der Waals surface area contributed by atoms with E-state index in [0.717, 1.165) is 5.76 Å². The maximum absolute atomic E-state index is 5.54. The summed E-state index contributed by atoms with van der Waals surface area (Å²) in [7, 11) is 0. The van der Waals surface area contributed by atoms with E-state index in [1.54, 1.807) is 0 Å². The van der Waals surface area contributed by atoms with Gasteiger partial charge >= 0.3 is 130 Å². The summed E-state index contributed by atoms with van der Waals surface area (Å²) in [6, 6.07) is 0. The quantitative estimate of drug-likeness (QED) is 0.507. The number of hydrogen-bond donors (Lipinski definition) is 0. The van der Waals surface area contributed by atoms with Crippen molar-refractivity contribution in [2.75, 3.05) is 0 Å². The van der Waals surface area contributed by atoms with E-state index in [-0.39, 0.29) is 0 Å². The van der Waals surface area contributed by atoms with E-state index < -0.39 is 18.4 Å². The fraction of sp³-hybridized carbons (Fsp3) is 0.824. The maximum atomic E-state index is 5.54. The van der Waals surface area contributed by atoms with Crippen molar-refractivity contribution in [1.29, 1.82) is 0 Å². The molecule has 0 aliphatic heterocycles. The number of rotatable bonds is 10. The van der Waals surface area contributed by atoms with Crippen molar-refractivity contribution in [3.63, 3.8) is 0 Å². The molecule has 2 nitrogen and oxygen atoms in total. The molecule has 0 fully saturated rings. The summed E-state index contributed by atoms with van der Waals surface area (Å²) >= 11 is -2.34. The van der Waals surface area contributed by atoms with E-state index in [1.807, 2.05) is 0 Å². The van der Waals surface area contributed by atoms with Crippen LogP contribution in [0.4, 0.5) is 0 Å². The predicted octanol–water partition coefficient (Wildman–Crippen LogP) is 5.35. The van der Waals surface area contributed by atoms with Crippen molar-refractivity contribution in [2.45, 2.75) is 86.5 Å². The molecule has 0 aliphatic rings. The van der Waals surface area contributed by atoms with Gasteiger partial charge in [0.05, 0.1) is 0 Å². The van der Waals surface area contributed by atoms with E-state index in [4.69, 9.17) is 4.52 Å². The van der Waals surface area contributed by atoms with Gasteiger partial charge in [0.25, 0.3) is 0 Å². The molecule has 1 heterocycles. The van der Waals surface area contributed by atoms with Crippen molar-refractivity contribution in [3.05, 3.63) is 11.3 Å². The standard InChI is InChI=1S/C5H6NO.3C4H9.Sn/c1-4-3-6-7-5(4)2;3*1-3-4-2;/h1-2H3;3*1,3-4H2,2H3;. The van der Waals surface area contributed by atoms with Crippen LogP contribution in [0.3, 0.4) is 0 Å². The van der Waals surface area contributed by atoms with Gasteiger partial charge < -0.3 is 0 Å². The van der Waals surface area contributed by atoms with Gasteiger partial charge in [0.2, 0.25) is 0 Å². The van der Waals surface area contributed by atoms with Gasteiger partial charge in [0.15, 0.2) is 0 Å². The molecule has 0 aliphatic carbocycles. The Hall–Kier alpha value is 0.00870. The van der Waals surface area contributed by atoms with Gasteiger partial charge in [-0.05, 0) is 0 Å². The van der Waals surface area contributed by atoms with Crippen LogP contribution in [0.1, 0.15) is 70.6 Å². The summed E-state index contributed by atoms with van der Waals surface area (Å²) in [6.45, 7) is 11.3. The first-order valence-corrected chi connectivity index (χ1v) is 16.0. The predicted molar refractivity (Wildman–Crippen MR) is 90.5 cm³/mol. The summed E-state index contributed by atoms with van der Waals surface area (Å²) in [5, 5.41) is 4.56. The molecule has 0 radical (unpaired) electrons. The molecule has 0 aromatic carbocycles.